The molecular weight excluding hydrogens is 378 g/mol. The highest BCUT2D eigenvalue weighted by Gasteiger charge is 2.28. The standard InChI is InChI=1S/C19H19N5O3S/c25-19(16-4-8-18(9-5-16)24-10-1-11-28(24,26)27)22-17-6-2-15(3-7-17)12-23-14-20-13-21-23/h2-9,13-14H,1,10-12H2,(H,22,25). The molecule has 0 aliphatic carbocycles. The third kappa shape index (κ3) is 3.89. The van der Waals surface area contributed by atoms with Crippen molar-refractivity contribution in [2.45, 2.75) is 13.0 Å². The van der Waals surface area contributed by atoms with Crippen LogP contribution in [-0.4, -0.2) is 41.4 Å². The van der Waals surface area contributed by atoms with Crippen molar-refractivity contribution in [3.05, 3.63) is 72.3 Å². The molecule has 1 aliphatic rings. The summed E-state index contributed by atoms with van der Waals surface area (Å²) in [6.07, 6.45) is 3.75. The minimum absolute atomic E-state index is 0.169. The summed E-state index contributed by atoms with van der Waals surface area (Å²) in [6, 6.07) is 14.1. The topological polar surface area (TPSA) is 97.2 Å². The largest absolute Gasteiger partial charge is 0.322 e. The number of sulfonamides is 1. The molecule has 0 unspecified atom stereocenters. The third-order valence-electron chi connectivity index (χ3n) is 4.54. The van der Waals surface area contributed by atoms with E-state index in [0.29, 0.717) is 36.4 Å². The molecular formula is C19H19N5O3S. The maximum atomic E-state index is 12.4. The van der Waals surface area contributed by atoms with Crippen LogP contribution in [0.25, 0.3) is 0 Å². The summed E-state index contributed by atoms with van der Waals surface area (Å²) < 4.78 is 27.1. The van der Waals surface area contributed by atoms with E-state index < -0.39 is 10.0 Å². The quantitative estimate of drug-likeness (QED) is 0.711. The van der Waals surface area contributed by atoms with Crippen molar-refractivity contribution in [3.63, 3.8) is 0 Å². The normalized spacial score (nSPS) is 15.5. The van der Waals surface area contributed by atoms with Crippen LogP contribution >= 0.6 is 0 Å². The summed E-state index contributed by atoms with van der Waals surface area (Å²) >= 11 is 0. The summed E-state index contributed by atoms with van der Waals surface area (Å²) in [5.74, 6) is -0.0813. The molecule has 3 aromatic rings. The van der Waals surface area contributed by atoms with Crippen LogP contribution in [0.1, 0.15) is 22.3 Å². The van der Waals surface area contributed by atoms with Gasteiger partial charge < -0.3 is 5.32 Å². The molecule has 0 bridgehead atoms. The van der Waals surface area contributed by atoms with Gasteiger partial charge in [0.1, 0.15) is 12.7 Å². The van der Waals surface area contributed by atoms with Gasteiger partial charge in [-0.15, -0.1) is 0 Å². The molecule has 0 atom stereocenters. The lowest BCUT2D eigenvalue weighted by molar-refractivity contribution is 0.102. The van der Waals surface area contributed by atoms with Crippen LogP contribution in [0.2, 0.25) is 0 Å². The first-order chi connectivity index (χ1) is 13.5. The smallest absolute Gasteiger partial charge is 0.255 e. The van der Waals surface area contributed by atoms with E-state index in [1.807, 2.05) is 24.3 Å². The lowest BCUT2D eigenvalue weighted by Crippen LogP contribution is -2.25. The number of aromatic nitrogens is 3. The van der Waals surface area contributed by atoms with Gasteiger partial charge in [-0.2, -0.15) is 5.10 Å². The lowest BCUT2D eigenvalue weighted by atomic mass is 10.1. The fourth-order valence-corrected chi connectivity index (χ4v) is 4.67. The van der Waals surface area contributed by atoms with Gasteiger partial charge in [-0.25, -0.2) is 18.1 Å². The number of anilines is 2. The lowest BCUT2D eigenvalue weighted by Gasteiger charge is -2.17. The molecule has 2 aromatic carbocycles. The predicted octanol–water partition coefficient (Wildman–Crippen LogP) is 2.12. The van der Waals surface area contributed by atoms with Crippen molar-refractivity contribution in [2.75, 3.05) is 21.9 Å². The molecule has 4 rings (SSSR count). The number of rotatable bonds is 5. The van der Waals surface area contributed by atoms with Gasteiger partial charge in [0.05, 0.1) is 18.0 Å². The first-order valence-corrected chi connectivity index (χ1v) is 10.5. The molecule has 144 valence electrons. The van der Waals surface area contributed by atoms with E-state index in [4.69, 9.17) is 0 Å². The Balaban J connectivity index is 1.41. The summed E-state index contributed by atoms with van der Waals surface area (Å²) in [7, 11) is -3.22. The average Bonchev–Trinajstić information content (AvgIpc) is 3.32. The molecule has 1 fully saturated rings. The molecule has 1 N–H and O–H groups in total. The second kappa shape index (κ2) is 7.43. The van der Waals surface area contributed by atoms with Crippen molar-refractivity contribution in [1.82, 2.24) is 14.8 Å². The van der Waals surface area contributed by atoms with Gasteiger partial charge in [0.15, 0.2) is 0 Å². The van der Waals surface area contributed by atoms with Crippen molar-refractivity contribution in [2.24, 2.45) is 0 Å². The van der Waals surface area contributed by atoms with E-state index in [9.17, 15) is 13.2 Å². The number of benzene rings is 2. The van der Waals surface area contributed by atoms with Gasteiger partial charge in [0, 0.05) is 17.8 Å². The van der Waals surface area contributed by atoms with Crippen LogP contribution in [0.3, 0.4) is 0 Å². The number of nitrogens with one attached hydrogen (secondary N) is 1. The second-order valence-corrected chi connectivity index (χ2v) is 8.55. The summed E-state index contributed by atoms with van der Waals surface area (Å²) in [6.45, 7) is 1.09. The van der Waals surface area contributed by atoms with Crippen LogP contribution in [-0.2, 0) is 16.6 Å². The van der Waals surface area contributed by atoms with Crippen LogP contribution in [0.5, 0.6) is 0 Å². The van der Waals surface area contributed by atoms with Crippen molar-refractivity contribution >= 4 is 27.3 Å². The first kappa shape index (κ1) is 18.2. The second-order valence-electron chi connectivity index (χ2n) is 6.53. The van der Waals surface area contributed by atoms with E-state index in [1.165, 1.54) is 10.6 Å². The maximum absolute atomic E-state index is 12.4. The Hall–Kier alpha value is -3.20. The number of hydrogen-bond donors (Lipinski definition) is 1. The van der Waals surface area contributed by atoms with Gasteiger partial charge in [-0.05, 0) is 48.4 Å². The molecule has 9 heteroatoms. The number of hydrogen-bond acceptors (Lipinski definition) is 5. The zero-order valence-electron chi connectivity index (χ0n) is 15.0. The highest BCUT2D eigenvalue weighted by Crippen LogP contribution is 2.24. The van der Waals surface area contributed by atoms with Crippen LogP contribution in [0, 0.1) is 0 Å². The van der Waals surface area contributed by atoms with E-state index in [-0.39, 0.29) is 11.7 Å². The highest BCUT2D eigenvalue weighted by molar-refractivity contribution is 7.93. The number of carbonyl (C=O) groups excluding carboxylic acids is 1. The minimum atomic E-state index is -3.22. The number of amides is 1. The van der Waals surface area contributed by atoms with E-state index in [2.05, 4.69) is 15.4 Å². The SMILES string of the molecule is O=C(Nc1ccc(Cn2cncn2)cc1)c1ccc(N2CCCS2(=O)=O)cc1. The van der Waals surface area contributed by atoms with Crippen molar-refractivity contribution in [3.8, 4) is 0 Å². The molecule has 8 nitrogen and oxygen atoms in total. The Labute approximate surface area is 162 Å². The summed E-state index contributed by atoms with van der Waals surface area (Å²) in [5.41, 5.74) is 2.77. The zero-order chi connectivity index (χ0) is 19.6. The Bertz CT molecular complexity index is 1060. The molecule has 1 aromatic heterocycles. The van der Waals surface area contributed by atoms with Gasteiger partial charge in [-0.1, -0.05) is 12.1 Å². The molecule has 1 amide bonds. The van der Waals surface area contributed by atoms with Gasteiger partial charge in [0.25, 0.3) is 5.91 Å². The van der Waals surface area contributed by atoms with E-state index >= 15 is 0 Å². The van der Waals surface area contributed by atoms with E-state index in [0.717, 1.165) is 5.56 Å². The Morgan fingerprint density at radius 3 is 2.43 bits per heavy atom. The zero-order valence-corrected chi connectivity index (χ0v) is 15.8. The molecule has 0 spiro atoms. The van der Waals surface area contributed by atoms with E-state index in [1.54, 1.807) is 35.3 Å². The maximum Gasteiger partial charge on any atom is 0.255 e. The third-order valence-corrected chi connectivity index (χ3v) is 6.41. The molecule has 1 aliphatic heterocycles. The van der Waals surface area contributed by atoms with Crippen LogP contribution < -0.4 is 9.62 Å². The van der Waals surface area contributed by atoms with Crippen molar-refractivity contribution < 1.29 is 13.2 Å². The fraction of sp³-hybridized carbons (Fsp3) is 0.211. The molecule has 28 heavy (non-hydrogen) atoms. The highest BCUT2D eigenvalue weighted by atomic mass is 32.2. The molecule has 0 saturated carbocycles. The van der Waals surface area contributed by atoms with Crippen LogP contribution in [0.15, 0.2) is 61.2 Å². The summed E-state index contributed by atoms with van der Waals surface area (Å²) in [5, 5.41) is 6.91. The Kier molecular flexibility index (Phi) is 4.82. The number of carbonyl (C=O) groups is 1. The Morgan fingerprint density at radius 2 is 1.82 bits per heavy atom. The summed E-state index contributed by atoms with van der Waals surface area (Å²) in [4.78, 5) is 16.4. The van der Waals surface area contributed by atoms with Crippen molar-refractivity contribution in [1.29, 1.82) is 0 Å². The Morgan fingerprint density at radius 1 is 1.07 bits per heavy atom. The number of nitrogens with zero attached hydrogens (tertiary/aromatic N) is 4. The van der Waals surface area contributed by atoms with Gasteiger partial charge in [-0.3, -0.25) is 9.10 Å². The minimum Gasteiger partial charge on any atom is -0.322 e. The van der Waals surface area contributed by atoms with Crippen LogP contribution in [0.4, 0.5) is 11.4 Å². The predicted molar refractivity (Wildman–Crippen MR) is 106 cm³/mol. The van der Waals surface area contributed by atoms with Gasteiger partial charge in [0.2, 0.25) is 10.0 Å². The first-order valence-electron chi connectivity index (χ1n) is 8.84. The average molecular weight is 397 g/mol. The van der Waals surface area contributed by atoms with Gasteiger partial charge >= 0.3 is 0 Å². The monoisotopic (exact) mass is 397 g/mol. The molecule has 0 radical (unpaired) electrons. The molecule has 2 heterocycles. The molecule has 1 saturated heterocycles. The fourth-order valence-electron chi connectivity index (χ4n) is 3.11.